The maximum Gasteiger partial charge on any atom is 0.234 e. The van der Waals surface area contributed by atoms with Crippen molar-refractivity contribution in [1.82, 2.24) is 10.2 Å². The molecule has 0 saturated heterocycles. The van der Waals surface area contributed by atoms with Crippen LogP contribution in [0.5, 0.6) is 0 Å². The first-order chi connectivity index (χ1) is 8.65. The topological polar surface area (TPSA) is 56.1 Å². The quantitative estimate of drug-likeness (QED) is 0.776. The molecule has 1 rings (SSSR count). The molecular formula is C14H19N3O. The lowest BCUT2D eigenvalue weighted by Gasteiger charge is -2.24. The summed E-state index contributed by atoms with van der Waals surface area (Å²) in [6.45, 7) is 2.82. The van der Waals surface area contributed by atoms with Crippen LogP contribution in [-0.4, -0.2) is 30.9 Å². The van der Waals surface area contributed by atoms with Crippen LogP contribution in [0.4, 0.5) is 0 Å². The average molecular weight is 245 g/mol. The van der Waals surface area contributed by atoms with Gasteiger partial charge in [-0.15, -0.1) is 0 Å². The van der Waals surface area contributed by atoms with Crippen molar-refractivity contribution in [3.63, 3.8) is 0 Å². The molecule has 4 heteroatoms. The fraction of sp³-hybridized carbons (Fsp3) is 0.429. The SMILES string of the molecule is CC(c1ccccc1)N(C)CC(=O)NCCC#N. The van der Waals surface area contributed by atoms with Gasteiger partial charge in [-0.25, -0.2) is 0 Å². The van der Waals surface area contributed by atoms with Gasteiger partial charge in [0.2, 0.25) is 5.91 Å². The lowest BCUT2D eigenvalue weighted by atomic mass is 10.1. The van der Waals surface area contributed by atoms with Gasteiger partial charge in [0, 0.05) is 12.6 Å². The van der Waals surface area contributed by atoms with Crippen LogP contribution in [-0.2, 0) is 4.79 Å². The fourth-order valence-corrected chi connectivity index (χ4v) is 1.66. The molecule has 0 radical (unpaired) electrons. The molecule has 18 heavy (non-hydrogen) atoms. The lowest BCUT2D eigenvalue weighted by molar-refractivity contribution is -0.122. The molecule has 4 nitrogen and oxygen atoms in total. The molecule has 1 amide bonds. The van der Waals surface area contributed by atoms with Gasteiger partial charge in [-0.05, 0) is 19.5 Å². The Hall–Kier alpha value is -1.86. The molecule has 0 aliphatic carbocycles. The zero-order valence-corrected chi connectivity index (χ0v) is 10.9. The lowest BCUT2D eigenvalue weighted by Crippen LogP contribution is -2.36. The summed E-state index contributed by atoms with van der Waals surface area (Å²) in [6, 6.07) is 12.2. The van der Waals surface area contributed by atoms with Crippen molar-refractivity contribution < 1.29 is 4.79 Å². The summed E-state index contributed by atoms with van der Waals surface area (Å²) in [5, 5.41) is 11.1. The minimum atomic E-state index is -0.0458. The summed E-state index contributed by atoms with van der Waals surface area (Å²) >= 11 is 0. The molecular weight excluding hydrogens is 226 g/mol. The molecule has 0 saturated carbocycles. The molecule has 0 fully saturated rings. The smallest absolute Gasteiger partial charge is 0.234 e. The van der Waals surface area contributed by atoms with E-state index >= 15 is 0 Å². The Morgan fingerprint density at radius 1 is 1.44 bits per heavy atom. The number of carbonyl (C=O) groups excluding carboxylic acids is 1. The molecule has 0 aliphatic rings. The van der Waals surface area contributed by atoms with E-state index in [0.717, 1.165) is 0 Å². The van der Waals surface area contributed by atoms with Crippen LogP contribution in [0, 0.1) is 11.3 Å². The van der Waals surface area contributed by atoms with E-state index < -0.39 is 0 Å². The molecule has 96 valence electrons. The third kappa shape index (κ3) is 4.56. The summed E-state index contributed by atoms with van der Waals surface area (Å²) in [5.41, 5.74) is 1.19. The zero-order valence-electron chi connectivity index (χ0n) is 10.9. The number of hydrogen-bond donors (Lipinski definition) is 1. The van der Waals surface area contributed by atoms with E-state index in [1.54, 1.807) is 0 Å². The van der Waals surface area contributed by atoms with Gasteiger partial charge in [-0.3, -0.25) is 9.69 Å². The third-order valence-electron chi connectivity index (χ3n) is 2.90. The number of nitrogens with zero attached hydrogens (tertiary/aromatic N) is 2. The second kappa shape index (κ2) is 7.46. The molecule has 0 aromatic heterocycles. The molecule has 0 bridgehead atoms. The minimum absolute atomic E-state index is 0.0458. The highest BCUT2D eigenvalue weighted by Crippen LogP contribution is 2.17. The van der Waals surface area contributed by atoms with E-state index in [9.17, 15) is 4.79 Å². The number of benzene rings is 1. The molecule has 1 N–H and O–H groups in total. The fourth-order valence-electron chi connectivity index (χ4n) is 1.66. The van der Waals surface area contributed by atoms with E-state index in [4.69, 9.17) is 5.26 Å². The highest BCUT2D eigenvalue weighted by molar-refractivity contribution is 5.78. The first-order valence-electron chi connectivity index (χ1n) is 6.04. The highest BCUT2D eigenvalue weighted by atomic mass is 16.2. The summed E-state index contributed by atoms with van der Waals surface area (Å²) in [6.07, 6.45) is 0.351. The summed E-state index contributed by atoms with van der Waals surface area (Å²) in [5.74, 6) is -0.0458. The first-order valence-corrected chi connectivity index (χ1v) is 6.04. The largest absolute Gasteiger partial charge is 0.354 e. The maximum absolute atomic E-state index is 11.6. The number of amides is 1. The standard InChI is InChI=1S/C14H19N3O/c1-12(13-7-4-3-5-8-13)17(2)11-14(18)16-10-6-9-15/h3-5,7-8,12H,6,10-11H2,1-2H3,(H,16,18). The molecule has 0 heterocycles. The van der Waals surface area contributed by atoms with Gasteiger partial charge in [0.05, 0.1) is 19.0 Å². The van der Waals surface area contributed by atoms with Crippen molar-refractivity contribution in [2.75, 3.05) is 20.1 Å². The van der Waals surface area contributed by atoms with Gasteiger partial charge < -0.3 is 5.32 Å². The van der Waals surface area contributed by atoms with Crippen molar-refractivity contribution in [1.29, 1.82) is 5.26 Å². The third-order valence-corrected chi connectivity index (χ3v) is 2.90. The zero-order chi connectivity index (χ0) is 13.4. The van der Waals surface area contributed by atoms with Crippen LogP contribution in [0.2, 0.25) is 0 Å². The highest BCUT2D eigenvalue weighted by Gasteiger charge is 2.14. The Balaban J connectivity index is 2.43. The minimum Gasteiger partial charge on any atom is -0.354 e. The van der Waals surface area contributed by atoms with Crippen molar-refractivity contribution in [3.8, 4) is 6.07 Å². The van der Waals surface area contributed by atoms with E-state index in [1.807, 2.05) is 36.2 Å². The van der Waals surface area contributed by atoms with Gasteiger partial charge in [0.25, 0.3) is 0 Å². The Morgan fingerprint density at radius 2 is 2.11 bits per heavy atom. The molecule has 1 aromatic rings. The average Bonchev–Trinajstić information content (AvgIpc) is 2.39. The van der Waals surface area contributed by atoms with Gasteiger partial charge in [0.15, 0.2) is 0 Å². The summed E-state index contributed by atoms with van der Waals surface area (Å²) < 4.78 is 0. The number of likely N-dealkylation sites (N-methyl/N-ethyl adjacent to an activating group) is 1. The Morgan fingerprint density at radius 3 is 2.72 bits per heavy atom. The van der Waals surface area contributed by atoms with Crippen LogP contribution in [0.25, 0.3) is 0 Å². The maximum atomic E-state index is 11.6. The van der Waals surface area contributed by atoms with Crippen molar-refractivity contribution in [2.24, 2.45) is 0 Å². The van der Waals surface area contributed by atoms with Crippen LogP contribution < -0.4 is 5.32 Å². The van der Waals surface area contributed by atoms with E-state index in [1.165, 1.54) is 5.56 Å². The Labute approximate surface area is 108 Å². The van der Waals surface area contributed by atoms with Gasteiger partial charge in [-0.2, -0.15) is 5.26 Å². The normalized spacial score (nSPS) is 11.9. The predicted molar refractivity (Wildman–Crippen MR) is 70.7 cm³/mol. The monoisotopic (exact) mass is 245 g/mol. The van der Waals surface area contributed by atoms with Gasteiger partial charge in [0.1, 0.15) is 0 Å². The molecule has 1 unspecified atom stereocenters. The number of nitrogens with one attached hydrogen (secondary N) is 1. The van der Waals surface area contributed by atoms with E-state index in [-0.39, 0.29) is 11.9 Å². The van der Waals surface area contributed by atoms with E-state index in [0.29, 0.717) is 19.5 Å². The van der Waals surface area contributed by atoms with Crippen LogP contribution in [0.15, 0.2) is 30.3 Å². The van der Waals surface area contributed by atoms with Crippen molar-refractivity contribution in [2.45, 2.75) is 19.4 Å². The summed E-state index contributed by atoms with van der Waals surface area (Å²) in [4.78, 5) is 13.6. The van der Waals surface area contributed by atoms with Crippen LogP contribution in [0.1, 0.15) is 24.9 Å². The van der Waals surface area contributed by atoms with Gasteiger partial charge >= 0.3 is 0 Å². The molecule has 1 aromatic carbocycles. The Bertz CT molecular complexity index is 411. The first kappa shape index (κ1) is 14.2. The second-order valence-electron chi connectivity index (χ2n) is 4.26. The number of carbonyl (C=O) groups is 1. The second-order valence-corrected chi connectivity index (χ2v) is 4.26. The number of rotatable bonds is 6. The molecule has 0 spiro atoms. The van der Waals surface area contributed by atoms with Crippen LogP contribution in [0.3, 0.4) is 0 Å². The molecule has 1 atom stereocenters. The van der Waals surface area contributed by atoms with Gasteiger partial charge in [-0.1, -0.05) is 30.3 Å². The molecule has 0 aliphatic heterocycles. The van der Waals surface area contributed by atoms with E-state index in [2.05, 4.69) is 24.4 Å². The number of hydrogen-bond acceptors (Lipinski definition) is 3. The van der Waals surface area contributed by atoms with Crippen molar-refractivity contribution >= 4 is 5.91 Å². The Kier molecular flexibility index (Phi) is 5.89. The predicted octanol–water partition coefficient (Wildman–Crippen LogP) is 1.71. The van der Waals surface area contributed by atoms with Crippen molar-refractivity contribution in [3.05, 3.63) is 35.9 Å². The summed E-state index contributed by atoms with van der Waals surface area (Å²) in [7, 11) is 1.92. The van der Waals surface area contributed by atoms with Crippen LogP contribution >= 0.6 is 0 Å². The number of nitriles is 1.